The lowest BCUT2D eigenvalue weighted by atomic mass is 10.3. The SMILES string of the molecule is CC(C)Oc1cccnc1N(CCO)C(C)C. The number of hydrogen-bond donors (Lipinski definition) is 1. The number of aliphatic hydroxyl groups excluding tert-OH is 1. The fourth-order valence-corrected chi connectivity index (χ4v) is 1.66. The minimum absolute atomic E-state index is 0.107. The smallest absolute Gasteiger partial charge is 0.171 e. The molecule has 0 aliphatic rings. The quantitative estimate of drug-likeness (QED) is 0.824. The third kappa shape index (κ3) is 3.89. The average Bonchev–Trinajstić information content (AvgIpc) is 2.26. The lowest BCUT2D eigenvalue weighted by Crippen LogP contribution is -2.34. The fourth-order valence-electron chi connectivity index (χ4n) is 1.66. The van der Waals surface area contributed by atoms with Gasteiger partial charge in [0.1, 0.15) is 0 Å². The number of aliphatic hydroxyl groups is 1. The summed E-state index contributed by atoms with van der Waals surface area (Å²) in [5.74, 6) is 1.56. The minimum atomic E-state index is 0.107. The second-order valence-corrected chi connectivity index (χ2v) is 4.50. The van der Waals surface area contributed by atoms with Crippen molar-refractivity contribution in [2.45, 2.75) is 39.8 Å². The highest BCUT2D eigenvalue weighted by molar-refractivity contribution is 5.52. The minimum Gasteiger partial charge on any atom is -0.487 e. The Kier molecular flexibility index (Phi) is 5.22. The number of rotatable bonds is 6. The molecule has 0 aromatic carbocycles. The van der Waals surface area contributed by atoms with E-state index < -0.39 is 0 Å². The molecule has 0 amide bonds. The summed E-state index contributed by atoms with van der Waals surface area (Å²) in [4.78, 5) is 6.40. The van der Waals surface area contributed by atoms with E-state index in [0.717, 1.165) is 11.6 Å². The van der Waals surface area contributed by atoms with Crippen LogP contribution in [0.15, 0.2) is 18.3 Å². The van der Waals surface area contributed by atoms with Gasteiger partial charge in [-0.25, -0.2) is 4.98 Å². The molecule has 0 saturated heterocycles. The Morgan fingerprint density at radius 3 is 2.59 bits per heavy atom. The van der Waals surface area contributed by atoms with E-state index in [1.54, 1.807) is 6.20 Å². The second-order valence-electron chi connectivity index (χ2n) is 4.50. The zero-order chi connectivity index (χ0) is 12.8. The molecule has 0 aliphatic heterocycles. The van der Waals surface area contributed by atoms with E-state index in [1.807, 2.05) is 30.9 Å². The molecule has 1 aromatic rings. The van der Waals surface area contributed by atoms with Crippen molar-refractivity contribution in [1.29, 1.82) is 0 Å². The van der Waals surface area contributed by atoms with Gasteiger partial charge in [0.2, 0.25) is 0 Å². The van der Waals surface area contributed by atoms with Gasteiger partial charge in [-0.1, -0.05) is 0 Å². The normalized spacial score (nSPS) is 11.0. The Morgan fingerprint density at radius 2 is 2.06 bits per heavy atom. The van der Waals surface area contributed by atoms with E-state index >= 15 is 0 Å². The topological polar surface area (TPSA) is 45.6 Å². The van der Waals surface area contributed by atoms with Crippen molar-refractivity contribution in [3.8, 4) is 5.75 Å². The first kappa shape index (κ1) is 13.8. The van der Waals surface area contributed by atoms with Crippen LogP contribution >= 0.6 is 0 Å². The largest absolute Gasteiger partial charge is 0.487 e. The van der Waals surface area contributed by atoms with E-state index in [1.165, 1.54) is 0 Å². The molecule has 0 saturated carbocycles. The molecule has 1 N–H and O–H groups in total. The highest BCUT2D eigenvalue weighted by Crippen LogP contribution is 2.27. The lowest BCUT2D eigenvalue weighted by Gasteiger charge is -2.29. The van der Waals surface area contributed by atoms with Gasteiger partial charge in [-0.15, -0.1) is 0 Å². The van der Waals surface area contributed by atoms with Crippen LogP contribution in [0.1, 0.15) is 27.7 Å². The molecule has 96 valence electrons. The van der Waals surface area contributed by atoms with Crippen LogP contribution in [0.5, 0.6) is 5.75 Å². The number of aromatic nitrogens is 1. The molecule has 0 unspecified atom stereocenters. The van der Waals surface area contributed by atoms with E-state index in [0.29, 0.717) is 6.54 Å². The summed E-state index contributed by atoms with van der Waals surface area (Å²) in [7, 11) is 0. The Bertz CT molecular complexity index is 340. The summed E-state index contributed by atoms with van der Waals surface area (Å²) in [5.41, 5.74) is 0. The van der Waals surface area contributed by atoms with Crippen molar-refractivity contribution in [3.05, 3.63) is 18.3 Å². The van der Waals surface area contributed by atoms with Crippen LogP contribution in [-0.2, 0) is 0 Å². The third-order valence-corrected chi connectivity index (χ3v) is 2.35. The molecule has 0 fully saturated rings. The summed E-state index contributed by atoms with van der Waals surface area (Å²) in [6.07, 6.45) is 1.86. The summed E-state index contributed by atoms with van der Waals surface area (Å²) in [6.45, 7) is 8.79. The van der Waals surface area contributed by atoms with Crippen molar-refractivity contribution in [1.82, 2.24) is 4.98 Å². The standard InChI is InChI=1S/C13H22N2O2/c1-10(2)15(8-9-16)13-12(17-11(3)4)6-5-7-14-13/h5-7,10-11,16H,8-9H2,1-4H3. The maximum Gasteiger partial charge on any atom is 0.171 e. The Labute approximate surface area is 103 Å². The first-order valence-corrected chi connectivity index (χ1v) is 6.05. The maximum atomic E-state index is 9.11. The van der Waals surface area contributed by atoms with Gasteiger partial charge in [-0.3, -0.25) is 0 Å². The number of anilines is 1. The maximum absolute atomic E-state index is 9.11. The first-order valence-electron chi connectivity index (χ1n) is 6.05. The fraction of sp³-hybridized carbons (Fsp3) is 0.615. The molecular formula is C13H22N2O2. The van der Waals surface area contributed by atoms with E-state index in [-0.39, 0.29) is 18.8 Å². The van der Waals surface area contributed by atoms with E-state index in [9.17, 15) is 0 Å². The molecule has 0 aliphatic carbocycles. The van der Waals surface area contributed by atoms with Crippen LogP contribution in [0.4, 0.5) is 5.82 Å². The zero-order valence-corrected chi connectivity index (χ0v) is 11.1. The summed E-state index contributed by atoms with van der Waals surface area (Å²) in [6, 6.07) is 4.04. The molecule has 4 heteroatoms. The molecule has 0 spiro atoms. The molecule has 0 atom stereocenters. The van der Waals surface area contributed by atoms with Gasteiger partial charge in [0.05, 0.1) is 12.7 Å². The van der Waals surface area contributed by atoms with Crippen LogP contribution < -0.4 is 9.64 Å². The van der Waals surface area contributed by atoms with Crippen LogP contribution in [0.25, 0.3) is 0 Å². The molecule has 17 heavy (non-hydrogen) atoms. The van der Waals surface area contributed by atoms with Gasteiger partial charge in [-0.05, 0) is 39.8 Å². The number of ether oxygens (including phenoxy) is 1. The molecule has 0 bridgehead atoms. The third-order valence-electron chi connectivity index (χ3n) is 2.35. The van der Waals surface area contributed by atoms with Crippen LogP contribution in [0.2, 0.25) is 0 Å². The second kappa shape index (κ2) is 6.45. The van der Waals surface area contributed by atoms with Gasteiger partial charge in [-0.2, -0.15) is 0 Å². The Hall–Kier alpha value is -1.29. The number of pyridine rings is 1. The number of nitrogens with zero attached hydrogens (tertiary/aromatic N) is 2. The van der Waals surface area contributed by atoms with Crippen molar-refractivity contribution >= 4 is 5.82 Å². The molecular weight excluding hydrogens is 216 g/mol. The number of hydrogen-bond acceptors (Lipinski definition) is 4. The predicted octanol–water partition coefficient (Wildman–Crippen LogP) is 2.08. The van der Waals surface area contributed by atoms with Gasteiger partial charge >= 0.3 is 0 Å². The average molecular weight is 238 g/mol. The molecule has 1 rings (SSSR count). The molecule has 0 radical (unpaired) electrons. The van der Waals surface area contributed by atoms with E-state index in [2.05, 4.69) is 18.8 Å². The molecule has 4 nitrogen and oxygen atoms in total. The first-order chi connectivity index (χ1) is 8.06. The van der Waals surface area contributed by atoms with Gasteiger partial charge < -0.3 is 14.7 Å². The van der Waals surface area contributed by atoms with Crippen LogP contribution in [0, 0.1) is 0 Å². The lowest BCUT2D eigenvalue weighted by molar-refractivity contribution is 0.240. The zero-order valence-electron chi connectivity index (χ0n) is 11.1. The highest BCUT2D eigenvalue weighted by atomic mass is 16.5. The Morgan fingerprint density at radius 1 is 1.35 bits per heavy atom. The van der Waals surface area contributed by atoms with Crippen molar-refractivity contribution in [2.75, 3.05) is 18.1 Å². The van der Waals surface area contributed by atoms with E-state index in [4.69, 9.17) is 9.84 Å². The molecule has 1 aromatic heterocycles. The van der Waals surface area contributed by atoms with Crippen LogP contribution in [0.3, 0.4) is 0 Å². The van der Waals surface area contributed by atoms with Gasteiger partial charge in [0.15, 0.2) is 11.6 Å². The van der Waals surface area contributed by atoms with Crippen molar-refractivity contribution in [3.63, 3.8) is 0 Å². The molecule has 1 heterocycles. The van der Waals surface area contributed by atoms with Gasteiger partial charge in [0, 0.05) is 18.8 Å². The van der Waals surface area contributed by atoms with Crippen molar-refractivity contribution in [2.24, 2.45) is 0 Å². The van der Waals surface area contributed by atoms with Gasteiger partial charge in [0.25, 0.3) is 0 Å². The summed E-state index contributed by atoms with van der Waals surface area (Å²) < 4.78 is 5.74. The van der Waals surface area contributed by atoms with Crippen molar-refractivity contribution < 1.29 is 9.84 Å². The monoisotopic (exact) mass is 238 g/mol. The Balaban J connectivity index is 3.00. The predicted molar refractivity (Wildman–Crippen MR) is 69.6 cm³/mol. The summed E-state index contributed by atoms with van der Waals surface area (Å²) in [5, 5.41) is 9.11. The summed E-state index contributed by atoms with van der Waals surface area (Å²) >= 11 is 0. The van der Waals surface area contributed by atoms with Crippen LogP contribution in [-0.4, -0.2) is 35.4 Å². The highest BCUT2D eigenvalue weighted by Gasteiger charge is 2.16.